The van der Waals surface area contributed by atoms with Gasteiger partial charge in [0.1, 0.15) is 5.75 Å². The smallest absolute Gasteiger partial charge is 0.340 e. The minimum atomic E-state index is -0.502. The monoisotopic (exact) mass is 484 g/mol. The van der Waals surface area contributed by atoms with E-state index < -0.39 is 5.97 Å². The van der Waals surface area contributed by atoms with Crippen molar-refractivity contribution in [1.29, 1.82) is 0 Å². The molecule has 2 heterocycles. The Morgan fingerprint density at radius 2 is 1.61 bits per heavy atom. The third-order valence-electron chi connectivity index (χ3n) is 6.52. The van der Waals surface area contributed by atoms with Crippen LogP contribution in [0.2, 0.25) is 0 Å². The van der Waals surface area contributed by atoms with E-state index in [4.69, 9.17) is 9.47 Å². The van der Waals surface area contributed by atoms with E-state index >= 15 is 0 Å². The Balaban J connectivity index is 1.87. The lowest BCUT2D eigenvalue weighted by Crippen LogP contribution is -2.24. The van der Waals surface area contributed by atoms with Crippen LogP contribution in [0.3, 0.4) is 0 Å². The van der Waals surface area contributed by atoms with Crippen molar-refractivity contribution in [3.05, 3.63) is 93.5 Å². The minimum Gasteiger partial charge on any atom is -0.495 e. The fraction of sp³-hybridized carbons (Fsp3) is 0.267. The van der Waals surface area contributed by atoms with Gasteiger partial charge in [0.25, 0.3) is 5.91 Å². The average molecular weight is 485 g/mol. The van der Waals surface area contributed by atoms with Crippen molar-refractivity contribution in [2.24, 2.45) is 0 Å². The summed E-state index contributed by atoms with van der Waals surface area (Å²) < 4.78 is 13.1. The highest BCUT2D eigenvalue weighted by Gasteiger charge is 2.38. The largest absolute Gasteiger partial charge is 0.495 e. The van der Waals surface area contributed by atoms with Crippen molar-refractivity contribution >= 4 is 23.6 Å². The number of aromatic nitrogens is 1. The Morgan fingerprint density at radius 3 is 2.25 bits per heavy atom. The summed E-state index contributed by atoms with van der Waals surface area (Å²) in [7, 11) is 1.65. The lowest BCUT2D eigenvalue weighted by molar-refractivity contribution is -0.138. The number of amides is 1. The molecule has 6 nitrogen and oxygen atoms in total. The highest BCUT2D eigenvalue weighted by atomic mass is 16.5. The highest BCUT2D eigenvalue weighted by Crippen LogP contribution is 2.37. The number of carbonyl (C=O) groups excluding carboxylic acids is 2. The molecule has 6 heteroatoms. The molecule has 0 radical (unpaired) electrons. The number of esters is 1. The van der Waals surface area contributed by atoms with Gasteiger partial charge in [-0.2, -0.15) is 0 Å². The summed E-state index contributed by atoms with van der Waals surface area (Å²) >= 11 is 0. The van der Waals surface area contributed by atoms with Crippen LogP contribution in [0.5, 0.6) is 5.75 Å². The van der Waals surface area contributed by atoms with Gasteiger partial charge in [0.05, 0.1) is 30.6 Å². The fourth-order valence-electron chi connectivity index (χ4n) is 4.72. The maximum atomic E-state index is 13.7. The normalized spacial score (nSPS) is 14.7. The molecule has 186 valence electrons. The van der Waals surface area contributed by atoms with Crippen LogP contribution in [0, 0.1) is 27.7 Å². The number of aryl methyl sites for hydroxylation is 3. The van der Waals surface area contributed by atoms with Gasteiger partial charge in [-0.05, 0) is 89.1 Å². The fourth-order valence-corrected chi connectivity index (χ4v) is 4.72. The van der Waals surface area contributed by atoms with Gasteiger partial charge in [0, 0.05) is 22.8 Å². The van der Waals surface area contributed by atoms with Gasteiger partial charge in [0.2, 0.25) is 0 Å². The van der Waals surface area contributed by atoms with E-state index in [-0.39, 0.29) is 12.5 Å². The highest BCUT2D eigenvalue weighted by molar-refractivity contribution is 6.23. The van der Waals surface area contributed by atoms with Crippen molar-refractivity contribution in [1.82, 2.24) is 4.57 Å². The number of methoxy groups -OCH3 is 1. The van der Waals surface area contributed by atoms with E-state index in [1.165, 1.54) is 0 Å². The molecule has 0 atom stereocenters. The molecule has 36 heavy (non-hydrogen) atoms. The van der Waals surface area contributed by atoms with Crippen molar-refractivity contribution in [2.45, 2.75) is 41.5 Å². The number of benzene rings is 2. The first-order valence-corrected chi connectivity index (χ1v) is 12.0. The van der Waals surface area contributed by atoms with E-state index in [0.29, 0.717) is 22.5 Å². The van der Waals surface area contributed by atoms with Gasteiger partial charge in [-0.1, -0.05) is 23.8 Å². The standard InChI is InChI=1S/C30H32N2O4/c1-8-36-30(34)28-22(6)32(24-12-9-18(2)10-13-24)29(33)25(28)17-23-16-20(4)31(21(23)5)26-15-19(3)11-14-27(26)35-7/h9-17H,8H2,1-7H3/b25-17-. The van der Waals surface area contributed by atoms with Crippen molar-refractivity contribution in [3.63, 3.8) is 0 Å². The lowest BCUT2D eigenvalue weighted by Gasteiger charge is -2.18. The third-order valence-corrected chi connectivity index (χ3v) is 6.52. The lowest BCUT2D eigenvalue weighted by atomic mass is 10.0. The zero-order valence-corrected chi connectivity index (χ0v) is 21.9. The first kappa shape index (κ1) is 25.0. The Kier molecular flexibility index (Phi) is 6.88. The summed E-state index contributed by atoms with van der Waals surface area (Å²) in [6, 6.07) is 15.7. The molecule has 0 bridgehead atoms. The topological polar surface area (TPSA) is 60.8 Å². The molecule has 0 fully saturated rings. The van der Waals surface area contributed by atoms with Crippen LogP contribution in [-0.4, -0.2) is 30.2 Å². The number of hydrogen-bond acceptors (Lipinski definition) is 4. The Bertz CT molecular complexity index is 1410. The molecule has 1 aliphatic heterocycles. The van der Waals surface area contributed by atoms with Crippen molar-refractivity contribution < 1.29 is 19.1 Å². The van der Waals surface area contributed by atoms with Gasteiger partial charge in [-0.25, -0.2) is 4.79 Å². The molecule has 1 aliphatic rings. The van der Waals surface area contributed by atoms with E-state index in [2.05, 4.69) is 10.6 Å². The van der Waals surface area contributed by atoms with Gasteiger partial charge >= 0.3 is 5.97 Å². The maximum absolute atomic E-state index is 13.7. The SMILES string of the molecule is CCOC(=O)C1=C(C)N(c2ccc(C)cc2)C(=O)/C1=C\c1cc(C)n(-c2cc(C)ccc2OC)c1C. The van der Waals surface area contributed by atoms with Crippen LogP contribution in [-0.2, 0) is 14.3 Å². The molecule has 0 aliphatic carbocycles. The number of rotatable bonds is 6. The molecule has 3 aromatic rings. The van der Waals surface area contributed by atoms with Gasteiger partial charge < -0.3 is 14.0 Å². The maximum Gasteiger partial charge on any atom is 0.340 e. The summed E-state index contributed by atoms with van der Waals surface area (Å²) in [6.07, 6.45) is 1.80. The zero-order chi connectivity index (χ0) is 26.1. The summed E-state index contributed by atoms with van der Waals surface area (Å²) in [4.78, 5) is 28.3. The van der Waals surface area contributed by atoms with Gasteiger partial charge in [-0.3, -0.25) is 9.69 Å². The summed E-state index contributed by atoms with van der Waals surface area (Å²) in [5.41, 5.74) is 7.78. The Morgan fingerprint density at radius 1 is 0.944 bits per heavy atom. The molecular formula is C30H32N2O4. The third kappa shape index (κ3) is 4.35. The number of ether oxygens (including phenoxy) is 2. The van der Waals surface area contributed by atoms with E-state index in [1.54, 1.807) is 31.9 Å². The molecule has 2 aromatic carbocycles. The summed E-state index contributed by atoms with van der Waals surface area (Å²) in [5.74, 6) is 0.00256. The van der Waals surface area contributed by atoms with Crippen LogP contribution in [0.1, 0.15) is 41.9 Å². The molecule has 0 spiro atoms. The zero-order valence-electron chi connectivity index (χ0n) is 21.9. The van der Waals surface area contributed by atoms with Crippen LogP contribution >= 0.6 is 0 Å². The molecule has 1 aromatic heterocycles. The summed E-state index contributed by atoms with van der Waals surface area (Å²) in [6.45, 7) is 11.8. The van der Waals surface area contributed by atoms with E-state index in [0.717, 1.165) is 39.5 Å². The second kappa shape index (κ2) is 9.90. The molecule has 1 amide bonds. The van der Waals surface area contributed by atoms with Crippen LogP contribution < -0.4 is 9.64 Å². The Hall–Kier alpha value is -4.06. The molecule has 0 N–H and O–H groups in total. The molecule has 0 saturated heterocycles. The average Bonchev–Trinajstić information content (AvgIpc) is 3.25. The van der Waals surface area contributed by atoms with Crippen molar-refractivity contribution in [2.75, 3.05) is 18.6 Å². The van der Waals surface area contributed by atoms with Crippen LogP contribution in [0.4, 0.5) is 5.69 Å². The quantitative estimate of drug-likeness (QED) is 0.319. The number of nitrogens with zero attached hydrogens (tertiary/aromatic N) is 2. The molecular weight excluding hydrogens is 452 g/mol. The molecule has 4 rings (SSSR count). The van der Waals surface area contributed by atoms with Gasteiger partial charge in [-0.15, -0.1) is 0 Å². The number of hydrogen-bond donors (Lipinski definition) is 0. The molecule has 0 unspecified atom stereocenters. The second-order valence-corrected chi connectivity index (χ2v) is 9.05. The van der Waals surface area contributed by atoms with Crippen molar-refractivity contribution in [3.8, 4) is 11.4 Å². The first-order chi connectivity index (χ1) is 17.2. The van der Waals surface area contributed by atoms with E-state index in [9.17, 15) is 9.59 Å². The second-order valence-electron chi connectivity index (χ2n) is 9.05. The number of anilines is 1. The number of allylic oxidation sites excluding steroid dienone is 1. The van der Waals surface area contributed by atoms with Crippen LogP contribution in [0.25, 0.3) is 11.8 Å². The predicted molar refractivity (Wildman–Crippen MR) is 143 cm³/mol. The van der Waals surface area contributed by atoms with E-state index in [1.807, 2.05) is 70.2 Å². The van der Waals surface area contributed by atoms with Gasteiger partial charge in [0.15, 0.2) is 0 Å². The molecule has 0 saturated carbocycles. The predicted octanol–water partition coefficient (Wildman–Crippen LogP) is 5.99. The number of carbonyl (C=O) groups is 2. The Labute approximate surface area is 212 Å². The van der Waals surface area contributed by atoms with Crippen LogP contribution in [0.15, 0.2) is 65.4 Å². The first-order valence-electron chi connectivity index (χ1n) is 12.0. The minimum absolute atomic E-state index is 0.225. The summed E-state index contributed by atoms with van der Waals surface area (Å²) in [5, 5.41) is 0.